The summed E-state index contributed by atoms with van der Waals surface area (Å²) in [5.41, 5.74) is 2.15. The van der Waals surface area contributed by atoms with E-state index in [-0.39, 0.29) is 29.9 Å². The summed E-state index contributed by atoms with van der Waals surface area (Å²) in [5.74, 6) is 1.68. The molecule has 1 unspecified atom stereocenters. The van der Waals surface area contributed by atoms with Crippen LogP contribution in [0.4, 0.5) is 0 Å². The second kappa shape index (κ2) is 9.92. The highest BCUT2D eigenvalue weighted by molar-refractivity contribution is 7.91. The lowest BCUT2D eigenvalue weighted by molar-refractivity contribution is -0.121. The lowest BCUT2D eigenvalue weighted by atomic mass is 10.2. The SMILES string of the molecule is CN=C(NCCCn1c(C)nc2ccccc21)NCCC(=O)NC1CCS(=O)(=O)C1. The Morgan fingerprint density at radius 2 is 2.03 bits per heavy atom. The fourth-order valence-corrected chi connectivity index (χ4v) is 5.32. The Kier molecular flexibility index (Phi) is 7.30. The lowest BCUT2D eigenvalue weighted by Gasteiger charge is -2.14. The van der Waals surface area contributed by atoms with Crippen molar-refractivity contribution in [3.05, 3.63) is 30.1 Å². The van der Waals surface area contributed by atoms with Crippen LogP contribution in [0.15, 0.2) is 29.3 Å². The van der Waals surface area contributed by atoms with Crippen LogP contribution in [0.5, 0.6) is 0 Å². The van der Waals surface area contributed by atoms with Crippen molar-refractivity contribution in [2.75, 3.05) is 31.6 Å². The highest BCUT2D eigenvalue weighted by atomic mass is 32.2. The van der Waals surface area contributed by atoms with E-state index >= 15 is 0 Å². The van der Waals surface area contributed by atoms with Gasteiger partial charge in [0.2, 0.25) is 5.91 Å². The molecular formula is C20H30N6O3S. The highest BCUT2D eigenvalue weighted by Crippen LogP contribution is 2.15. The Morgan fingerprint density at radius 3 is 2.77 bits per heavy atom. The van der Waals surface area contributed by atoms with E-state index in [1.54, 1.807) is 7.05 Å². The minimum absolute atomic E-state index is 0.0427. The average Bonchev–Trinajstić information content (AvgIpc) is 3.21. The Balaban J connectivity index is 1.35. The molecular weight excluding hydrogens is 404 g/mol. The molecule has 1 aromatic heterocycles. The molecule has 164 valence electrons. The van der Waals surface area contributed by atoms with Gasteiger partial charge in [-0.05, 0) is 31.9 Å². The van der Waals surface area contributed by atoms with Gasteiger partial charge < -0.3 is 20.5 Å². The van der Waals surface area contributed by atoms with E-state index in [0.717, 1.165) is 36.4 Å². The van der Waals surface area contributed by atoms with Crippen LogP contribution < -0.4 is 16.0 Å². The minimum atomic E-state index is -2.99. The third kappa shape index (κ3) is 5.94. The number of hydrogen-bond donors (Lipinski definition) is 3. The van der Waals surface area contributed by atoms with Crippen molar-refractivity contribution in [3.63, 3.8) is 0 Å². The number of para-hydroxylation sites is 2. The number of fused-ring (bicyclic) bond motifs is 1. The summed E-state index contributed by atoms with van der Waals surface area (Å²) in [6.45, 7) is 4.02. The number of aryl methyl sites for hydroxylation is 2. The zero-order valence-corrected chi connectivity index (χ0v) is 18.3. The van der Waals surface area contributed by atoms with Crippen LogP contribution in [-0.2, 0) is 21.2 Å². The summed E-state index contributed by atoms with van der Waals surface area (Å²) in [4.78, 5) is 20.7. The van der Waals surface area contributed by atoms with E-state index in [0.29, 0.717) is 18.9 Å². The van der Waals surface area contributed by atoms with Gasteiger partial charge >= 0.3 is 0 Å². The molecule has 3 N–H and O–H groups in total. The predicted octanol–water partition coefficient (Wildman–Crippen LogP) is 0.593. The van der Waals surface area contributed by atoms with Crippen LogP contribution in [0.3, 0.4) is 0 Å². The molecule has 2 heterocycles. The van der Waals surface area contributed by atoms with E-state index in [2.05, 4.69) is 36.6 Å². The van der Waals surface area contributed by atoms with Crippen LogP contribution in [0.2, 0.25) is 0 Å². The van der Waals surface area contributed by atoms with Gasteiger partial charge in [-0.25, -0.2) is 13.4 Å². The molecule has 1 aromatic carbocycles. The largest absolute Gasteiger partial charge is 0.356 e. The molecule has 9 nitrogen and oxygen atoms in total. The number of sulfone groups is 1. The Hall–Kier alpha value is -2.62. The number of benzene rings is 1. The summed E-state index contributed by atoms with van der Waals surface area (Å²) in [6.07, 6.45) is 1.66. The molecule has 0 aliphatic carbocycles. The molecule has 0 spiro atoms. The monoisotopic (exact) mass is 434 g/mol. The molecule has 1 aliphatic rings. The van der Waals surface area contributed by atoms with Gasteiger partial charge in [0.1, 0.15) is 5.82 Å². The number of carbonyl (C=O) groups is 1. The van der Waals surface area contributed by atoms with Crippen molar-refractivity contribution >= 4 is 32.7 Å². The number of nitrogens with one attached hydrogen (secondary N) is 3. The van der Waals surface area contributed by atoms with Crippen LogP contribution >= 0.6 is 0 Å². The predicted molar refractivity (Wildman–Crippen MR) is 118 cm³/mol. The lowest BCUT2D eigenvalue weighted by Crippen LogP contribution is -2.41. The maximum Gasteiger partial charge on any atom is 0.222 e. The maximum absolute atomic E-state index is 12.0. The Bertz CT molecular complexity index is 1010. The number of amides is 1. The number of carbonyl (C=O) groups excluding carboxylic acids is 1. The minimum Gasteiger partial charge on any atom is -0.356 e. The van der Waals surface area contributed by atoms with Crippen molar-refractivity contribution in [1.29, 1.82) is 0 Å². The van der Waals surface area contributed by atoms with E-state index in [4.69, 9.17) is 0 Å². The normalized spacial score (nSPS) is 18.5. The summed E-state index contributed by atoms with van der Waals surface area (Å²) in [6, 6.07) is 7.85. The first-order valence-electron chi connectivity index (χ1n) is 10.2. The van der Waals surface area contributed by atoms with Gasteiger partial charge in [0, 0.05) is 39.1 Å². The third-order valence-corrected chi connectivity index (χ3v) is 6.93. The topological polar surface area (TPSA) is 117 Å². The molecule has 1 fully saturated rings. The van der Waals surface area contributed by atoms with Crippen molar-refractivity contribution in [2.24, 2.45) is 4.99 Å². The van der Waals surface area contributed by atoms with Crippen molar-refractivity contribution < 1.29 is 13.2 Å². The van der Waals surface area contributed by atoms with Crippen molar-refractivity contribution in [3.8, 4) is 0 Å². The first-order valence-corrected chi connectivity index (χ1v) is 12.1. The Morgan fingerprint density at radius 1 is 1.27 bits per heavy atom. The van der Waals surface area contributed by atoms with E-state index in [1.807, 2.05) is 25.1 Å². The molecule has 1 aliphatic heterocycles. The molecule has 3 rings (SSSR count). The Labute approximate surface area is 177 Å². The van der Waals surface area contributed by atoms with Crippen LogP contribution in [-0.4, -0.2) is 67.5 Å². The summed E-state index contributed by atoms with van der Waals surface area (Å²) >= 11 is 0. The molecule has 1 amide bonds. The van der Waals surface area contributed by atoms with Gasteiger partial charge in [-0.3, -0.25) is 9.79 Å². The highest BCUT2D eigenvalue weighted by Gasteiger charge is 2.28. The third-order valence-electron chi connectivity index (χ3n) is 5.16. The molecule has 1 saturated heterocycles. The van der Waals surface area contributed by atoms with Crippen LogP contribution in [0, 0.1) is 6.92 Å². The van der Waals surface area contributed by atoms with E-state index < -0.39 is 9.84 Å². The smallest absolute Gasteiger partial charge is 0.222 e. The van der Waals surface area contributed by atoms with E-state index in [1.165, 1.54) is 0 Å². The first kappa shape index (κ1) is 22.1. The average molecular weight is 435 g/mol. The van der Waals surface area contributed by atoms with Gasteiger partial charge in [-0.15, -0.1) is 0 Å². The molecule has 10 heteroatoms. The summed E-state index contributed by atoms with van der Waals surface area (Å²) < 4.78 is 25.1. The van der Waals surface area contributed by atoms with Crippen LogP contribution in [0.25, 0.3) is 11.0 Å². The van der Waals surface area contributed by atoms with Gasteiger partial charge in [0.15, 0.2) is 15.8 Å². The molecule has 0 radical (unpaired) electrons. The second-order valence-electron chi connectivity index (χ2n) is 7.50. The fourth-order valence-electron chi connectivity index (χ4n) is 3.65. The summed E-state index contributed by atoms with van der Waals surface area (Å²) in [7, 11) is -1.30. The van der Waals surface area contributed by atoms with Crippen LogP contribution in [0.1, 0.15) is 25.1 Å². The molecule has 1 atom stereocenters. The first-order chi connectivity index (χ1) is 14.4. The van der Waals surface area contributed by atoms with Crippen molar-refractivity contribution in [1.82, 2.24) is 25.5 Å². The molecule has 2 aromatic rings. The van der Waals surface area contributed by atoms with Gasteiger partial charge in [0.05, 0.1) is 22.5 Å². The number of aliphatic imine (C=N–C) groups is 1. The molecule has 0 saturated carbocycles. The number of guanidine groups is 1. The zero-order chi connectivity index (χ0) is 21.6. The zero-order valence-electron chi connectivity index (χ0n) is 17.5. The number of imidazole rings is 1. The number of aromatic nitrogens is 2. The quantitative estimate of drug-likeness (QED) is 0.318. The number of rotatable bonds is 8. The number of hydrogen-bond acceptors (Lipinski definition) is 5. The van der Waals surface area contributed by atoms with Gasteiger partial charge in [0.25, 0.3) is 0 Å². The van der Waals surface area contributed by atoms with Crippen molar-refractivity contribution in [2.45, 2.75) is 38.8 Å². The number of nitrogens with zero attached hydrogens (tertiary/aromatic N) is 3. The van der Waals surface area contributed by atoms with E-state index in [9.17, 15) is 13.2 Å². The fraction of sp³-hybridized carbons (Fsp3) is 0.550. The standard InChI is InChI=1S/C20H30N6O3S/c1-15-24-17-6-3-4-7-18(17)26(15)12-5-10-22-20(21-2)23-11-8-19(27)25-16-9-13-30(28,29)14-16/h3-4,6-7,16H,5,8-14H2,1-2H3,(H,25,27)(H2,21,22,23). The molecule has 30 heavy (non-hydrogen) atoms. The van der Waals surface area contributed by atoms with Gasteiger partial charge in [-0.2, -0.15) is 0 Å². The van der Waals surface area contributed by atoms with Gasteiger partial charge in [-0.1, -0.05) is 12.1 Å². The second-order valence-corrected chi connectivity index (χ2v) is 9.72. The summed E-state index contributed by atoms with van der Waals surface area (Å²) in [5, 5.41) is 9.15. The molecule has 0 bridgehead atoms. The maximum atomic E-state index is 12.0.